The molecule has 0 radical (unpaired) electrons. The SMILES string of the molecule is Cc1[nH]nc(C2CC2)c1C(=O)N1CCN(c2ccncc2)CC1. The van der Waals surface area contributed by atoms with E-state index in [1.165, 1.54) is 5.69 Å². The molecule has 1 aliphatic heterocycles. The van der Waals surface area contributed by atoms with Crippen LogP contribution in [0, 0.1) is 6.92 Å². The van der Waals surface area contributed by atoms with E-state index in [0.29, 0.717) is 5.92 Å². The highest BCUT2D eigenvalue weighted by Gasteiger charge is 2.34. The number of rotatable bonds is 3. The van der Waals surface area contributed by atoms with Gasteiger partial charge in [0.15, 0.2) is 0 Å². The molecule has 4 rings (SSSR count). The highest BCUT2D eigenvalue weighted by atomic mass is 16.2. The van der Waals surface area contributed by atoms with Gasteiger partial charge in [-0.25, -0.2) is 0 Å². The van der Waals surface area contributed by atoms with Crippen molar-refractivity contribution in [3.8, 4) is 0 Å². The van der Waals surface area contributed by atoms with Crippen LogP contribution in [-0.4, -0.2) is 52.2 Å². The molecule has 0 bridgehead atoms. The summed E-state index contributed by atoms with van der Waals surface area (Å²) in [6.45, 7) is 5.14. The Kier molecular flexibility index (Phi) is 3.52. The minimum absolute atomic E-state index is 0.132. The second kappa shape index (κ2) is 5.68. The zero-order chi connectivity index (χ0) is 15.8. The van der Waals surface area contributed by atoms with E-state index in [2.05, 4.69) is 20.1 Å². The lowest BCUT2D eigenvalue weighted by Gasteiger charge is -2.36. The van der Waals surface area contributed by atoms with Gasteiger partial charge in [-0.05, 0) is 31.9 Å². The summed E-state index contributed by atoms with van der Waals surface area (Å²) in [7, 11) is 0. The Labute approximate surface area is 135 Å². The minimum Gasteiger partial charge on any atom is -0.368 e. The molecule has 0 atom stereocenters. The van der Waals surface area contributed by atoms with Crippen LogP contribution in [0.15, 0.2) is 24.5 Å². The monoisotopic (exact) mass is 311 g/mol. The number of hydrogen-bond acceptors (Lipinski definition) is 4. The summed E-state index contributed by atoms with van der Waals surface area (Å²) in [5.74, 6) is 0.615. The fourth-order valence-corrected chi connectivity index (χ4v) is 3.25. The van der Waals surface area contributed by atoms with Gasteiger partial charge in [0.25, 0.3) is 5.91 Å². The minimum atomic E-state index is 0.132. The van der Waals surface area contributed by atoms with Crippen molar-refractivity contribution in [2.45, 2.75) is 25.7 Å². The number of nitrogens with one attached hydrogen (secondary N) is 1. The fourth-order valence-electron chi connectivity index (χ4n) is 3.25. The van der Waals surface area contributed by atoms with Crippen LogP contribution in [0.3, 0.4) is 0 Å². The van der Waals surface area contributed by atoms with Crippen LogP contribution < -0.4 is 4.90 Å². The van der Waals surface area contributed by atoms with Gasteiger partial charge in [0.2, 0.25) is 0 Å². The lowest BCUT2D eigenvalue weighted by atomic mass is 10.1. The molecule has 1 saturated heterocycles. The summed E-state index contributed by atoms with van der Waals surface area (Å²) in [5.41, 5.74) is 3.85. The average Bonchev–Trinajstić information content (AvgIpc) is 3.38. The predicted molar refractivity (Wildman–Crippen MR) is 87.7 cm³/mol. The van der Waals surface area contributed by atoms with Gasteiger partial charge in [0.1, 0.15) is 0 Å². The molecule has 1 N–H and O–H groups in total. The molecule has 0 aromatic carbocycles. The smallest absolute Gasteiger partial charge is 0.257 e. The molecule has 2 aliphatic rings. The zero-order valence-corrected chi connectivity index (χ0v) is 13.3. The molecule has 1 amide bonds. The number of carbonyl (C=O) groups excluding carboxylic acids is 1. The van der Waals surface area contributed by atoms with Gasteiger partial charge < -0.3 is 9.80 Å². The van der Waals surface area contributed by atoms with Crippen LogP contribution >= 0.6 is 0 Å². The number of pyridine rings is 1. The van der Waals surface area contributed by atoms with Gasteiger partial charge >= 0.3 is 0 Å². The zero-order valence-electron chi connectivity index (χ0n) is 13.3. The Balaban J connectivity index is 1.46. The van der Waals surface area contributed by atoms with Crippen molar-refractivity contribution >= 4 is 11.6 Å². The second-order valence-corrected chi connectivity index (χ2v) is 6.37. The van der Waals surface area contributed by atoms with Gasteiger partial charge in [-0.15, -0.1) is 0 Å². The van der Waals surface area contributed by atoms with Crippen LogP contribution in [0.5, 0.6) is 0 Å². The van der Waals surface area contributed by atoms with Crippen LogP contribution in [0.25, 0.3) is 0 Å². The summed E-state index contributed by atoms with van der Waals surface area (Å²) in [4.78, 5) is 21.2. The van der Waals surface area contributed by atoms with Crippen molar-refractivity contribution < 1.29 is 4.79 Å². The van der Waals surface area contributed by atoms with E-state index in [4.69, 9.17) is 0 Å². The van der Waals surface area contributed by atoms with Crippen molar-refractivity contribution in [2.24, 2.45) is 0 Å². The molecule has 1 aliphatic carbocycles. The summed E-state index contributed by atoms with van der Waals surface area (Å²) in [5, 5.41) is 7.36. The van der Waals surface area contributed by atoms with E-state index in [0.717, 1.165) is 56.0 Å². The third-order valence-electron chi connectivity index (χ3n) is 4.75. The summed E-state index contributed by atoms with van der Waals surface area (Å²) >= 11 is 0. The highest BCUT2D eigenvalue weighted by Crippen LogP contribution is 2.41. The Hall–Kier alpha value is -2.37. The first-order valence-electron chi connectivity index (χ1n) is 8.23. The standard InChI is InChI=1S/C17H21N5O/c1-12-15(16(20-19-12)13-2-3-13)17(23)22-10-8-21(9-11-22)14-4-6-18-7-5-14/h4-7,13H,2-3,8-11H2,1H3,(H,19,20). The number of anilines is 1. The maximum Gasteiger partial charge on any atom is 0.257 e. The van der Waals surface area contributed by atoms with E-state index in [1.807, 2.05) is 36.4 Å². The predicted octanol–water partition coefficient (Wildman–Crippen LogP) is 1.95. The van der Waals surface area contributed by atoms with E-state index in [-0.39, 0.29) is 5.91 Å². The van der Waals surface area contributed by atoms with E-state index < -0.39 is 0 Å². The van der Waals surface area contributed by atoms with E-state index in [1.54, 1.807) is 0 Å². The van der Waals surface area contributed by atoms with Crippen molar-refractivity contribution in [1.29, 1.82) is 0 Å². The number of H-pyrrole nitrogens is 1. The first-order valence-corrected chi connectivity index (χ1v) is 8.23. The number of piperazine rings is 1. The van der Waals surface area contributed by atoms with Gasteiger partial charge in [-0.3, -0.25) is 14.9 Å². The Morgan fingerprint density at radius 1 is 1.17 bits per heavy atom. The summed E-state index contributed by atoms with van der Waals surface area (Å²) < 4.78 is 0. The molecule has 2 aromatic heterocycles. The average molecular weight is 311 g/mol. The lowest BCUT2D eigenvalue weighted by Crippen LogP contribution is -2.49. The molecule has 2 fully saturated rings. The van der Waals surface area contributed by atoms with E-state index in [9.17, 15) is 4.79 Å². The molecule has 1 saturated carbocycles. The maximum atomic E-state index is 12.9. The third kappa shape index (κ3) is 2.69. The molecular formula is C17H21N5O. The van der Waals surface area contributed by atoms with Crippen molar-refractivity contribution in [3.05, 3.63) is 41.5 Å². The molecule has 120 valence electrons. The number of amides is 1. The van der Waals surface area contributed by atoms with Crippen molar-refractivity contribution in [1.82, 2.24) is 20.1 Å². The van der Waals surface area contributed by atoms with Crippen molar-refractivity contribution in [3.63, 3.8) is 0 Å². The van der Waals surface area contributed by atoms with Gasteiger partial charge in [0.05, 0.1) is 11.3 Å². The number of carbonyl (C=O) groups is 1. The molecule has 0 unspecified atom stereocenters. The lowest BCUT2D eigenvalue weighted by molar-refractivity contribution is 0.0745. The molecule has 6 heteroatoms. The normalized spacial score (nSPS) is 18.3. The number of nitrogens with zero attached hydrogens (tertiary/aromatic N) is 4. The Bertz CT molecular complexity index is 699. The van der Waals surface area contributed by atoms with Gasteiger partial charge in [-0.1, -0.05) is 0 Å². The molecule has 2 aromatic rings. The van der Waals surface area contributed by atoms with Crippen LogP contribution in [0.2, 0.25) is 0 Å². The first kappa shape index (κ1) is 14.2. The number of hydrogen-bond donors (Lipinski definition) is 1. The third-order valence-corrected chi connectivity index (χ3v) is 4.75. The number of aromatic amines is 1. The number of aromatic nitrogens is 3. The summed E-state index contributed by atoms with van der Waals surface area (Å²) in [6, 6.07) is 4.03. The quantitative estimate of drug-likeness (QED) is 0.941. The molecule has 3 heterocycles. The Morgan fingerprint density at radius 2 is 1.87 bits per heavy atom. The second-order valence-electron chi connectivity index (χ2n) is 6.37. The molecule has 23 heavy (non-hydrogen) atoms. The van der Waals surface area contributed by atoms with Crippen LogP contribution in [0.1, 0.15) is 40.5 Å². The highest BCUT2D eigenvalue weighted by molar-refractivity contribution is 5.96. The van der Waals surface area contributed by atoms with Crippen LogP contribution in [-0.2, 0) is 0 Å². The van der Waals surface area contributed by atoms with Gasteiger partial charge in [0, 0.05) is 55.9 Å². The van der Waals surface area contributed by atoms with Crippen molar-refractivity contribution in [2.75, 3.05) is 31.1 Å². The molecule has 0 spiro atoms. The van der Waals surface area contributed by atoms with E-state index >= 15 is 0 Å². The largest absolute Gasteiger partial charge is 0.368 e. The summed E-state index contributed by atoms with van der Waals surface area (Å²) in [6.07, 6.45) is 5.92. The first-order chi connectivity index (χ1) is 11.2. The maximum absolute atomic E-state index is 12.9. The fraction of sp³-hybridized carbons (Fsp3) is 0.471. The topological polar surface area (TPSA) is 65.1 Å². The molecule has 6 nitrogen and oxygen atoms in total. The van der Waals surface area contributed by atoms with Crippen LogP contribution in [0.4, 0.5) is 5.69 Å². The Morgan fingerprint density at radius 3 is 2.52 bits per heavy atom. The number of aryl methyl sites for hydroxylation is 1. The van der Waals surface area contributed by atoms with Gasteiger partial charge in [-0.2, -0.15) is 5.10 Å². The molecular weight excluding hydrogens is 290 g/mol.